The Morgan fingerprint density at radius 2 is 1.76 bits per heavy atom. The summed E-state index contributed by atoms with van der Waals surface area (Å²) in [6.45, 7) is 1.83. The van der Waals surface area contributed by atoms with E-state index in [0.717, 1.165) is 35.0 Å². The molecule has 1 aliphatic rings. The molecule has 0 radical (unpaired) electrons. The van der Waals surface area contributed by atoms with Crippen LogP contribution in [0.1, 0.15) is 25.3 Å². The molecule has 8 heteroatoms. The van der Waals surface area contributed by atoms with Gasteiger partial charge >= 0.3 is 6.18 Å². The standard InChI is InChI=1S/C13H16F3NO3S/c1-2-7-12(18)8-17(9-12)21(19,20)11-5-3-10(4-6-11)13(14,15)16/h3-6,18H,2,7-9H2,1H3. The molecule has 0 amide bonds. The van der Waals surface area contributed by atoms with Gasteiger partial charge in [-0.05, 0) is 30.7 Å². The molecule has 21 heavy (non-hydrogen) atoms. The highest BCUT2D eigenvalue weighted by Gasteiger charge is 2.46. The summed E-state index contributed by atoms with van der Waals surface area (Å²) in [5.41, 5.74) is -1.92. The van der Waals surface area contributed by atoms with Crippen molar-refractivity contribution in [1.82, 2.24) is 4.31 Å². The maximum atomic E-state index is 12.4. The van der Waals surface area contributed by atoms with E-state index in [1.165, 1.54) is 0 Å². The lowest BCUT2D eigenvalue weighted by molar-refractivity contribution is -0.137. The van der Waals surface area contributed by atoms with Crippen LogP contribution in [0, 0.1) is 0 Å². The van der Waals surface area contributed by atoms with Crippen LogP contribution in [-0.2, 0) is 16.2 Å². The highest BCUT2D eigenvalue weighted by Crippen LogP contribution is 2.33. The van der Waals surface area contributed by atoms with Crippen molar-refractivity contribution in [3.05, 3.63) is 29.8 Å². The van der Waals surface area contributed by atoms with Crippen LogP contribution >= 0.6 is 0 Å². The van der Waals surface area contributed by atoms with Crippen molar-refractivity contribution in [3.63, 3.8) is 0 Å². The molecule has 0 bridgehead atoms. The molecule has 2 rings (SSSR count). The molecule has 1 heterocycles. The van der Waals surface area contributed by atoms with Crippen molar-refractivity contribution in [2.75, 3.05) is 13.1 Å². The van der Waals surface area contributed by atoms with Crippen LogP contribution in [0.4, 0.5) is 13.2 Å². The lowest BCUT2D eigenvalue weighted by Crippen LogP contribution is -2.63. The van der Waals surface area contributed by atoms with Crippen LogP contribution in [0.2, 0.25) is 0 Å². The topological polar surface area (TPSA) is 57.6 Å². The number of β-amino-alcohol motifs (C(OH)–C–C–N with tert-alkyl or cyclic N) is 1. The Bertz CT molecular complexity index is 605. The summed E-state index contributed by atoms with van der Waals surface area (Å²) in [5.74, 6) is 0. The summed E-state index contributed by atoms with van der Waals surface area (Å²) in [6.07, 6.45) is -3.28. The fraction of sp³-hybridized carbons (Fsp3) is 0.538. The Kier molecular flexibility index (Phi) is 4.07. The molecule has 1 N–H and O–H groups in total. The number of nitrogens with zero attached hydrogens (tertiary/aromatic N) is 1. The van der Waals surface area contributed by atoms with Gasteiger partial charge in [0.15, 0.2) is 0 Å². The molecular weight excluding hydrogens is 307 g/mol. The van der Waals surface area contributed by atoms with Gasteiger partial charge in [0.25, 0.3) is 0 Å². The van der Waals surface area contributed by atoms with Gasteiger partial charge in [-0.3, -0.25) is 0 Å². The highest BCUT2D eigenvalue weighted by molar-refractivity contribution is 7.89. The van der Waals surface area contributed by atoms with Gasteiger partial charge in [0.1, 0.15) is 0 Å². The van der Waals surface area contributed by atoms with Crippen molar-refractivity contribution in [1.29, 1.82) is 0 Å². The Balaban J connectivity index is 2.15. The van der Waals surface area contributed by atoms with Gasteiger partial charge in [0.2, 0.25) is 10.0 Å². The van der Waals surface area contributed by atoms with Gasteiger partial charge in [0, 0.05) is 13.1 Å². The molecule has 4 nitrogen and oxygen atoms in total. The zero-order chi connectivity index (χ0) is 15.9. The minimum Gasteiger partial charge on any atom is -0.387 e. The summed E-state index contributed by atoms with van der Waals surface area (Å²) in [7, 11) is -3.85. The summed E-state index contributed by atoms with van der Waals surface area (Å²) in [5, 5.41) is 9.99. The van der Waals surface area contributed by atoms with Gasteiger partial charge in [-0.2, -0.15) is 17.5 Å². The van der Waals surface area contributed by atoms with E-state index in [1.807, 2.05) is 6.92 Å². The predicted molar refractivity (Wildman–Crippen MR) is 70.1 cm³/mol. The van der Waals surface area contributed by atoms with Crippen molar-refractivity contribution in [2.24, 2.45) is 0 Å². The first-order valence-electron chi connectivity index (χ1n) is 6.48. The van der Waals surface area contributed by atoms with Crippen molar-refractivity contribution in [3.8, 4) is 0 Å². The highest BCUT2D eigenvalue weighted by atomic mass is 32.2. The summed E-state index contributed by atoms with van der Waals surface area (Å²) in [6, 6.07) is 3.36. The zero-order valence-corrected chi connectivity index (χ0v) is 12.2. The van der Waals surface area contributed by atoms with Crippen molar-refractivity contribution in [2.45, 2.75) is 36.4 Å². The van der Waals surface area contributed by atoms with Crippen molar-refractivity contribution >= 4 is 10.0 Å². The molecule has 1 fully saturated rings. The monoisotopic (exact) mass is 323 g/mol. The van der Waals surface area contributed by atoms with E-state index in [0.29, 0.717) is 6.42 Å². The van der Waals surface area contributed by atoms with Gasteiger partial charge in [-0.25, -0.2) is 8.42 Å². The summed E-state index contributed by atoms with van der Waals surface area (Å²) < 4.78 is 62.8. The van der Waals surface area contributed by atoms with Crippen LogP contribution in [0.25, 0.3) is 0 Å². The lowest BCUT2D eigenvalue weighted by Gasteiger charge is -2.45. The number of halogens is 3. The summed E-state index contributed by atoms with van der Waals surface area (Å²) >= 11 is 0. The predicted octanol–water partition coefficient (Wildman–Crippen LogP) is 2.24. The molecule has 0 aromatic heterocycles. The zero-order valence-electron chi connectivity index (χ0n) is 11.4. The fourth-order valence-corrected chi connectivity index (χ4v) is 3.97. The van der Waals surface area contributed by atoms with Gasteiger partial charge in [-0.15, -0.1) is 0 Å². The van der Waals surface area contributed by atoms with Crippen LogP contribution < -0.4 is 0 Å². The van der Waals surface area contributed by atoms with E-state index in [1.54, 1.807) is 0 Å². The van der Waals surface area contributed by atoms with Gasteiger partial charge in [-0.1, -0.05) is 13.3 Å². The number of hydrogen-bond donors (Lipinski definition) is 1. The normalized spacial score (nSPS) is 19.3. The number of hydrogen-bond acceptors (Lipinski definition) is 3. The van der Waals surface area contributed by atoms with Crippen LogP contribution in [0.15, 0.2) is 29.2 Å². The first-order chi connectivity index (χ1) is 9.58. The second kappa shape index (κ2) is 5.26. The van der Waals surface area contributed by atoms with Crippen molar-refractivity contribution < 1.29 is 26.7 Å². The molecule has 1 aromatic carbocycles. The second-order valence-corrected chi connectivity index (χ2v) is 7.21. The maximum absolute atomic E-state index is 12.4. The molecule has 0 atom stereocenters. The maximum Gasteiger partial charge on any atom is 0.416 e. The van der Waals surface area contributed by atoms with E-state index in [9.17, 15) is 26.7 Å². The quantitative estimate of drug-likeness (QED) is 0.924. The lowest BCUT2D eigenvalue weighted by atomic mass is 9.92. The fourth-order valence-electron chi connectivity index (χ4n) is 2.37. The van der Waals surface area contributed by atoms with E-state index in [-0.39, 0.29) is 18.0 Å². The Hall–Kier alpha value is -1.12. The minimum atomic E-state index is -4.50. The molecule has 0 aliphatic carbocycles. The molecule has 0 saturated carbocycles. The van der Waals surface area contributed by atoms with Gasteiger partial charge < -0.3 is 5.11 Å². The molecule has 1 saturated heterocycles. The first-order valence-corrected chi connectivity index (χ1v) is 7.92. The third-order valence-corrected chi connectivity index (χ3v) is 5.28. The number of benzene rings is 1. The first kappa shape index (κ1) is 16.3. The second-order valence-electron chi connectivity index (χ2n) is 5.27. The van der Waals surface area contributed by atoms with Gasteiger partial charge in [0.05, 0.1) is 16.1 Å². The Morgan fingerprint density at radius 1 is 1.24 bits per heavy atom. The third kappa shape index (κ3) is 3.22. The smallest absolute Gasteiger partial charge is 0.387 e. The van der Waals surface area contributed by atoms with E-state index in [2.05, 4.69) is 0 Å². The number of rotatable bonds is 4. The third-order valence-electron chi connectivity index (χ3n) is 3.48. The van der Waals surface area contributed by atoms with E-state index in [4.69, 9.17) is 0 Å². The summed E-state index contributed by atoms with van der Waals surface area (Å²) in [4.78, 5) is -0.200. The largest absolute Gasteiger partial charge is 0.416 e. The van der Waals surface area contributed by atoms with Crippen LogP contribution in [-0.4, -0.2) is 36.5 Å². The van der Waals surface area contributed by atoms with Crippen LogP contribution in [0.3, 0.4) is 0 Å². The molecule has 0 spiro atoms. The molecule has 0 unspecified atom stereocenters. The van der Waals surface area contributed by atoms with E-state index < -0.39 is 27.4 Å². The number of alkyl halides is 3. The Labute approximate surface area is 121 Å². The van der Waals surface area contributed by atoms with E-state index >= 15 is 0 Å². The molecule has 1 aromatic rings. The average molecular weight is 323 g/mol. The number of aliphatic hydroxyl groups is 1. The average Bonchev–Trinajstić information content (AvgIpc) is 2.35. The molecule has 118 valence electrons. The number of sulfonamides is 1. The minimum absolute atomic E-state index is 0.0236. The SMILES string of the molecule is CCCC1(O)CN(S(=O)(=O)c2ccc(C(F)(F)F)cc2)C1. The molecular formula is C13H16F3NO3S. The van der Waals surface area contributed by atoms with Crippen LogP contribution in [0.5, 0.6) is 0 Å². The Morgan fingerprint density at radius 3 is 2.19 bits per heavy atom. The molecule has 1 aliphatic heterocycles.